The summed E-state index contributed by atoms with van der Waals surface area (Å²) in [5.41, 5.74) is 9.59. The zero-order valence-corrected chi connectivity index (χ0v) is 29.8. The fourth-order valence-electron chi connectivity index (χ4n) is 8.51. The average molecular weight is 660 g/mol. The number of nitrogens with two attached hydrogens (primary N) is 1. The molecule has 3 aromatic rings. The van der Waals surface area contributed by atoms with Crippen molar-refractivity contribution in [3.8, 4) is 6.01 Å². The minimum atomic E-state index is 0.194. The number of amides is 1. The Morgan fingerprint density at radius 3 is 2.27 bits per heavy atom. The molecule has 10 heteroatoms. The molecule has 0 aliphatic carbocycles. The lowest BCUT2D eigenvalue weighted by Crippen LogP contribution is -2.52. The second kappa shape index (κ2) is 16.8. The highest BCUT2D eigenvalue weighted by Crippen LogP contribution is 2.40. The summed E-state index contributed by atoms with van der Waals surface area (Å²) in [5.74, 6) is 1.14. The Hall–Kier alpha value is -3.47. The van der Waals surface area contributed by atoms with E-state index in [9.17, 15) is 0 Å². The lowest BCUT2D eigenvalue weighted by molar-refractivity contribution is -0.106. The Morgan fingerprint density at radius 1 is 0.979 bits per heavy atom. The van der Waals surface area contributed by atoms with Crippen LogP contribution < -0.4 is 25.6 Å². The Morgan fingerprint density at radius 2 is 1.62 bits per heavy atom. The maximum Gasteiger partial charge on any atom is 0.318 e. The quantitative estimate of drug-likeness (QED) is 0.350. The van der Waals surface area contributed by atoms with Gasteiger partial charge >= 0.3 is 6.01 Å². The minimum Gasteiger partial charge on any atom is -0.461 e. The number of carbonyl (C=O) groups excluding carboxylic acids is 1. The molecule has 2 aromatic carbocycles. The summed E-state index contributed by atoms with van der Waals surface area (Å²) in [5, 5.41) is 6.51. The lowest BCUT2D eigenvalue weighted by atomic mass is 9.95. The molecule has 0 saturated carbocycles. The number of benzene rings is 2. The molecule has 10 nitrogen and oxygen atoms in total. The summed E-state index contributed by atoms with van der Waals surface area (Å²) in [7, 11) is 3.25. The third kappa shape index (κ3) is 7.56. The number of piperazine rings is 1. The monoisotopic (exact) mass is 659 g/mol. The van der Waals surface area contributed by atoms with Gasteiger partial charge in [-0.05, 0) is 81.5 Å². The van der Waals surface area contributed by atoms with Gasteiger partial charge < -0.3 is 30.3 Å². The number of anilines is 2. The van der Waals surface area contributed by atoms with Crippen molar-refractivity contribution >= 4 is 28.7 Å². The SMILES string of the molecule is CC.CCc1cccc2cccc(N3CCc4c(nc(OCC56CCCN5CCC6)nc4N4CC5CCC(C4)N5)C3)c12.COC.NC=O. The number of hydrogen-bond acceptors (Lipinski definition) is 9. The van der Waals surface area contributed by atoms with Crippen molar-refractivity contribution in [2.45, 2.75) is 96.3 Å². The van der Waals surface area contributed by atoms with Crippen LogP contribution in [0.4, 0.5) is 11.5 Å². The van der Waals surface area contributed by atoms with E-state index < -0.39 is 0 Å². The zero-order valence-electron chi connectivity index (χ0n) is 29.8. The van der Waals surface area contributed by atoms with Gasteiger partial charge in [-0.1, -0.05) is 51.1 Å². The van der Waals surface area contributed by atoms with Gasteiger partial charge in [-0.25, -0.2) is 0 Å². The van der Waals surface area contributed by atoms with Crippen molar-refractivity contribution in [1.82, 2.24) is 20.2 Å². The fraction of sp³-hybridized carbons (Fsp3) is 0.605. The number of nitrogens with one attached hydrogen (secondary N) is 1. The topological polar surface area (TPSA) is 109 Å². The van der Waals surface area contributed by atoms with Gasteiger partial charge in [0.05, 0.1) is 17.8 Å². The number of aromatic nitrogens is 2. The third-order valence-electron chi connectivity index (χ3n) is 10.5. The number of ether oxygens (including phenoxy) is 2. The molecule has 262 valence electrons. The number of fused-ring (bicyclic) bond motifs is 5. The number of primary amides is 1. The largest absolute Gasteiger partial charge is 0.461 e. The van der Waals surface area contributed by atoms with Crippen LogP contribution in [0, 0.1) is 0 Å². The molecule has 6 heterocycles. The molecule has 0 radical (unpaired) electrons. The van der Waals surface area contributed by atoms with Gasteiger partial charge in [-0.2, -0.15) is 9.97 Å². The number of hydrogen-bond donors (Lipinski definition) is 2. The molecule has 48 heavy (non-hydrogen) atoms. The standard InChI is InChI=1S/C33H42N6O.C2H6O.C2H6.CH3NO/c1-2-23-7-3-8-24-9-4-10-29(30(23)24)37-18-13-27-28(21-37)35-32(40-22-33-14-5-16-39(33)17-6-15-33)36-31(27)38-19-25-11-12-26(20-38)34-25;1-3-2;1-2;2-1-3/h3-4,7-10,25-26,34H,2,5-6,11-22H2,1H3;1-2H3;1-2H3;1H,(H2,2,3). The summed E-state index contributed by atoms with van der Waals surface area (Å²) in [6, 6.07) is 15.2. The number of methoxy groups -OCH3 is 1. The smallest absolute Gasteiger partial charge is 0.318 e. The highest BCUT2D eigenvalue weighted by molar-refractivity contribution is 5.97. The Bertz CT molecular complexity index is 1470. The van der Waals surface area contributed by atoms with Crippen molar-refractivity contribution in [3.63, 3.8) is 0 Å². The normalized spacial score (nSPS) is 21.9. The van der Waals surface area contributed by atoms with Crippen LogP contribution >= 0.6 is 0 Å². The van der Waals surface area contributed by atoms with Crippen molar-refractivity contribution in [1.29, 1.82) is 0 Å². The van der Waals surface area contributed by atoms with Gasteiger partial charge in [-0.3, -0.25) is 9.69 Å². The minimum absolute atomic E-state index is 0.194. The molecular formula is C38H57N7O3. The molecule has 0 spiro atoms. The van der Waals surface area contributed by atoms with Crippen LogP contribution in [0.5, 0.6) is 6.01 Å². The molecule has 3 N–H and O–H groups in total. The highest BCUT2D eigenvalue weighted by Gasteiger charge is 2.45. The van der Waals surface area contributed by atoms with Gasteiger partial charge in [0.15, 0.2) is 0 Å². The van der Waals surface area contributed by atoms with Gasteiger partial charge in [0.2, 0.25) is 6.41 Å². The number of carbonyl (C=O) groups is 1. The summed E-state index contributed by atoms with van der Waals surface area (Å²) < 4.78 is 10.8. The van der Waals surface area contributed by atoms with Crippen LogP contribution in [0.1, 0.15) is 76.1 Å². The van der Waals surface area contributed by atoms with Crippen LogP contribution in [-0.2, 0) is 28.9 Å². The molecule has 4 saturated heterocycles. The molecule has 4 fully saturated rings. The second-order valence-corrected chi connectivity index (χ2v) is 13.4. The molecule has 5 aliphatic rings. The highest BCUT2D eigenvalue weighted by atomic mass is 16.5. The summed E-state index contributed by atoms with van der Waals surface area (Å²) in [6.45, 7) is 13.2. The predicted molar refractivity (Wildman–Crippen MR) is 195 cm³/mol. The van der Waals surface area contributed by atoms with E-state index in [1.807, 2.05) is 13.8 Å². The maximum absolute atomic E-state index is 8.58. The summed E-state index contributed by atoms with van der Waals surface area (Å²) >= 11 is 0. The van der Waals surface area contributed by atoms with Crippen molar-refractivity contribution in [2.24, 2.45) is 5.73 Å². The predicted octanol–water partition coefficient (Wildman–Crippen LogP) is 5.09. The van der Waals surface area contributed by atoms with Crippen molar-refractivity contribution in [3.05, 3.63) is 53.2 Å². The lowest BCUT2D eigenvalue weighted by Gasteiger charge is -2.38. The molecule has 8 rings (SSSR count). The maximum atomic E-state index is 8.58. The molecule has 1 amide bonds. The molecule has 2 bridgehead atoms. The molecule has 2 atom stereocenters. The number of rotatable bonds is 6. The molecule has 5 aliphatic heterocycles. The van der Waals surface area contributed by atoms with E-state index in [0.29, 0.717) is 24.7 Å². The first-order valence-electron chi connectivity index (χ1n) is 18.1. The van der Waals surface area contributed by atoms with E-state index in [2.05, 4.69) is 73.8 Å². The third-order valence-corrected chi connectivity index (χ3v) is 10.5. The van der Waals surface area contributed by atoms with Crippen LogP contribution in [0.3, 0.4) is 0 Å². The van der Waals surface area contributed by atoms with Crippen LogP contribution in [0.25, 0.3) is 10.8 Å². The zero-order chi connectivity index (χ0) is 34.1. The first-order chi connectivity index (χ1) is 23.5. The van der Waals surface area contributed by atoms with Crippen molar-refractivity contribution < 1.29 is 14.3 Å². The summed E-state index contributed by atoms with van der Waals surface area (Å²) in [4.78, 5) is 26.7. The van der Waals surface area contributed by atoms with Gasteiger partial charge in [0.25, 0.3) is 0 Å². The van der Waals surface area contributed by atoms with E-state index >= 15 is 0 Å². The Balaban J connectivity index is 0.000000519. The van der Waals surface area contributed by atoms with Crippen LogP contribution in [-0.4, -0.2) is 92.5 Å². The molecular weight excluding hydrogens is 602 g/mol. The summed E-state index contributed by atoms with van der Waals surface area (Å²) in [6.07, 6.45) is 9.82. The molecule has 1 aromatic heterocycles. The Labute approximate surface area is 287 Å². The van der Waals surface area contributed by atoms with Gasteiger partial charge in [-0.15, -0.1) is 0 Å². The van der Waals surface area contributed by atoms with E-state index in [4.69, 9.17) is 19.5 Å². The Kier molecular flexibility index (Phi) is 12.5. The first kappa shape index (κ1) is 35.8. The van der Waals surface area contributed by atoms with Gasteiger partial charge in [0.1, 0.15) is 12.4 Å². The fourth-order valence-corrected chi connectivity index (χ4v) is 8.51. The van der Waals surface area contributed by atoms with Gasteiger partial charge in [0, 0.05) is 62.6 Å². The van der Waals surface area contributed by atoms with Crippen LogP contribution in [0.2, 0.25) is 0 Å². The van der Waals surface area contributed by atoms with E-state index in [1.54, 1.807) is 14.2 Å². The van der Waals surface area contributed by atoms with E-state index in [1.165, 1.54) is 79.2 Å². The van der Waals surface area contributed by atoms with E-state index in [0.717, 1.165) is 50.5 Å². The van der Waals surface area contributed by atoms with E-state index in [-0.39, 0.29) is 11.9 Å². The molecule has 2 unspecified atom stereocenters. The number of nitrogens with zero attached hydrogens (tertiary/aromatic N) is 5. The average Bonchev–Trinajstić information content (AvgIpc) is 3.81. The van der Waals surface area contributed by atoms with Crippen LogP contribution in [0.15, 0.2) is 36.4 Å². The van der Waals surface area contributed by atoms with Crippen molar-refractivity contribution in [2.75, 3.05) is 63.4 Å². The first-order valence-corrected chi connectivity index (χ1v) is 18.1. The second-order valence-electron chi connectivity index (χ2n) is 13.4. The number of aryl methyl sites for hydroxylation is 1.